The Hall–Kier alpha value is -0.990. The van der Waals surface area contributed by atoms with E-state index in [1.807, 2.05) is 13.1 Å². The van der Waals surface area contributed by atoms with Crippen molar-refractivity contribution in [2.75, 3.05) is 5.73 Å². The Bertz CT molecular complexity index is 297. The summed E-state index contributed by atoms with van der Waals surface area (Å²) in [6, 6.07) is 2.03. The van der Waals surface area contributed by atoms with Crippen LogP contribution in [0.4, 0.5) is 5.82 Å². The lowest BCUT2D eigenvalue weighted by Gasteiger charge is -2.27. The maximum atomic E-state index is 5.79. The monoisotopic (exact) mass is 193 g/mol. The van der Waals surface area contributed by atoms with Crippen LogP contribution in [0.15, 0.2) is 6.07 Å². The molecule has 1 aliphatic carbocycles. The van der Waals surface area contributed by atoms with E-state index in [0.29, 0.717) is 5.92 Å². The number of nitrogens with two attached hydrogens (primary N) is 1. The van der Waals surface area contributed by atoms with Crippen LogP contribution in [0.25, 0.3) is 0 Å². The molecule has 0 spiro atoms. The van der Waals surface area contributed by atoms with Gasteiger partial charge in [-0.25, -0.2) is 0 Å². The summed E-state index contributed by atoms with van der Waals surface area (Å²) in [4.78, 5) is 0. The van der Waals surface area contributed by atoms with E-state index in [1.165, 1.54) is 31.4 Å². The van der Waals surface area contributed by atoms with E-state index < -0.39 is 0 Å². The maximum absolute atomic E-state index is 5.79. The molecule has 3 heteroatoms. The lowest BCUT2D eigenvalue weighted by molar-refractivity contribution is 0.324. The first-order valence-corrected chi connectivity index (χ1v) is 5.48. The molecule has 1 saturated carbocycles. The highest BCUT2D eigenvalue weighted by Gasteiger charge is 2.25. The minimum absolute atomic E-state index is 0.632. The zero-order valence-corrected chi connectivity index (χ0v) is 9.03. The quantitative estimate of drug-likeness (QED) is 0.743. The third kappa shape index (κ3) is 1.63. The number of hydrogen-bond donors (Lipinski definition) is 1. The van der Waals surface area contributed by atoms with Gasteiger partial charge in [-0.15, -0.1) is 0 Å². The summed E-state index contributed by atoms with van der Waals surface area (Å²) in [5.74, 6) is 2.17. The molecule has 1 aliphatic rings. The first kappa shape index (κ1) is 9.56. The van der Waals surface area contributed by atoms with Crippen molar-refractivity contribution in [1.82, 2.24) is 9.78 Å². The smallest absolute Gasteiger partial charge is 0.121 e. The number of anilines is 1. The van der Waals surface area contributed by atoms with Crippen LogP contribution in [0, 0.1) is 5.92 Å². The lowest BCUT2D eigenvalue weighted by atomic mass is 9.79. The summed E-state index contributed by atoms with van der Waals surface area (Å²) in [6.45, 7) is 2.33. The lowest BCUT2D eigenvalue weighted by Crippen LogP contribution is -2.15. The normalized spacial score (nSPS) is 27.9. The van der Waals surface area contributed by atoms with E-state index >= 15 is 0 Å². The van der Waals surface area contributed by atoms with Gasteiger partial charge < -0.3 is 5.73 Å². The molecule has 14 heavy (non-hydrogen) atoms. The number of aromatic nitrogens is 2. The molecule has 0 aliphatic heterocycles. The summed E-state index contributed by atoms with van der Waals surface area (Å²) >= 11 is 0. The van der Waals surface area contributed by atoms with Gasteiger partial charge in [0, 0.05) is 19.0 Å². The molecule has 0 aromatic carbocycles. The van der Waals surface area contributed by atoms with Gasteiger partial charge in [0.05, 0.1) is 5.69 Å². The van der Waals surface area contributed by atoms with E-state index in [9.17, 15) is 0 Å². The Balaban J connectivity index is 2.20. The molecule has 1 aromatic heterocycles. The molecule has 1 fully saturated rings. The molecule has 0 amide bonds. The van der Waals surface area contributed by atoms with Crippen LogP contribution >= 0.6 is 0 Å². The van der Waals surface area contributed by atoms with Crippen molar-refractivity contribution in [3.05, 3.63) is 11.8 Å². The van der Waals surface area contributed by atoms with Gasteiger partial charge in [0.2, 0.25) is 0 Å². The molecular formula is C11H19N3. The van der Waals surface area contributed by atoms with E-state index in [-0.39, 0.29) is 0 Å². The summed E-state index contributed by atoms with van der Waals surface area (Å²) in [5, 5.41) is 4.48. The third-order valence-corrected chi connectivity index (χ3v) is 3.43. The van der Waals surface area contributed by atoms with Gasteiger partial charge in [0.15, 0.2) is 0 Å². The van der Waals surface area contributed by atoms with Gasteiger partial charge in [0.1, 0.15) is 5.82 Å². The van der Waals surface area contributed by atoms with Crippen molar-refractivity contribution in [3.8, 4) is 0 Å². The highest BCUT2D eigenvalue weighted by molar-refractivity contribution is 5.32. The van der Waals surface area contributed by atoms with Crippen molar-refractivity contribution in [1.29, 1.82) is 0 Å². The average Bonchev–Trinajstić information content (AvgIpc) is 2.48. The second kappa shape index (κ2) is 3.64. The molecule has 2 atom stereocenters. The molecule has 1 aromatic rings. The number of aryl methyl sites for hydroxylation is 1. The Morgan fingerprint density at radius 1 is 1.43 bits per heavy atom. The van der Waals surface area contributed by atoms with Crippen LogP contribution in [0.3, 0.4) is 0 Å². The fraction of sp³-hybridized carbons (Fsp3) is 0.727. The first-order valence-electron chi connectivity index (χ1n) is 5.48. The Kier molecular flexibility index (Phi) is 2.48. The SMILES string of the molecule is CC1CCCCC1c1cc(N)n(C)n1. The van der Waals surface area contributed by atoms with E-state index in [0.717, 1.165) is 11.7 Å². The van der Waals surface area contributed by atoms with Crippen LogP contribution < -0.4 is 5.73 Å². The highest BCUT2D eigenvalue weighted by Crippen LogP contribution is 2.37. The zero-order chi connectivity index (χ0) is 10.1. The Morgan fingerprint density at radius 2 is 2.14 bits per heavy atom. The standard InChI is InChI=1S/C11H19N3/c1-8-5-3-4-6-9(8)10-7-11(12)14(2)13-10/h7-9H,3-6,12H2,1-2H3. The Morgan fingerprint density at radius 3 is 2.71 bits per heavy atom. The molecule has 2 N–H and O–H groups in total. The van der Waals surface area contributed by atoms with Crippen molar-refractivity contribution in [2.24, 2.45) is 13.0 Å². The largest absolute Gasteiger partial charge is 0.384 e. The summed E-state index contributed by atoms with van der Waals surface area (Å²) in [5.41, 5.74) is 6.99. The Labute approximate surface area is 85.3 Å². The van der Waals surface area contributed by atoms with Gasteiger partial charge in [0.25, 0.3) is 0 Å². The molecule has 1 heterocycles. The average molecular weight is 193 g/mol. The van der Waals surface area contributed by atoms with Gasteiger partial charge in [-0.05, 0) is 12.3 Å². The number of nitrogens with zero attached hydrogens (tertiary/aromatic N) is 2. The van der Waals surface area contributed by atoms with Crippen molar-refractivity contribution in [2.45, 2.75) is 38.5 Å². The first-order chi connectivity index (χ1) is 6.68. The van der Waals surface area contributed by atoms with Crippen molar-refractivity contribution < 1.29 is 0 Å². The predicted octanol–water partition coefficient (Wildman–Crippen LogP) is 2.30. The fourth-order valence-corrected chi connectivity index (χ4v) is 2.44. The van der Waals surface area contributed by atoms with Crippen LogP contribution in [-0.4, -0.2) is 9.78 Å². The fourth-order valence-electron chi connectivity index (χ4n) is 2.44. The van der Waals surface area contributed by atoms with Gasteiger partial charge >= 0.3 is 0 Å². The third-order valence-electron chi connectivity index (χ3n) is 3.43. The molecule has 2 rings (SSSR count). The summed E-state index contributed by atoms with van der Waals surface area (Å²) < 4.78 is 1.77. The second-order valence-electron chi connectivity index (χ2n) is 4.49. The number of nitrogen functional groups attached to an aromatic ring is 1. The molecular weight excluding hydrogens is 174 g/mol. The minimum Gasteiger partial charge on any atom is -0.384 e. The minimum atomic E-state index is 0.632. The molecule has 0 bridgehead atoms. The summed E-state index contributed by atoms with van der Waals surface area (Å²) in [7, 11) is 1.91. The predicted molar refractivity (Wildman–Crippen MR) is 58.0 cm³/mol. The number of hydrogen-bond acceptors (Lipinski definition) is 2. The van der Waals surface area contributed by atoms with Crippen LogP contribution in [0.1, 0.15) is 44.2 Å². The molecule has 0 radical (unpaired) electrons. The van der Waals surface area contributed by atoms with Gasteiger partial charge in [-0.3, -0.25) is 4.68 Å². The topological polar surface area (TPSA) is 43.8 Å². The van der Waals surface area contributed by atoms with Crippen LogP contribution in [0.5, 0.6) is 0 Å². The molecule has 0 saturated heterocycles. The van der Waals surface area contributed by atoms with E-state index in [1.54, 1.807) is 4.68 Å². The van der Waals surface area contributed by atoms with E-state index in [2.05, 4.69) is 12.0 Å². The highest BCUT2D eigenvalue weighted by atomic mass is 15.3. The number of rotatable bonds is 1. The molecule has 78 valence electrons. The molecule has 2 unspecified atom stereocenters. The van der Waals surface area contributed by atoms with Gasteiger partial charge in [-0.1, -0.05) is 26.2 Å². The zero-order valence-electron chi connectivity index (χ0n) is 9.03. The van der Waals surface area contributed by atoms with E-state index in [4.69, 9.17) is 5.73 Å². The molecule has 3 nitrogen and oxygen atoms in total. The van der Waals surface area contributed by atoms with Crippen molar-refractivity contribution in [3.63, 3.8) is 0 Å². The van der Waals surface area contributed by atoms with Crippen LogP contribution in [-0.2, 0) is 7.05 Å². The van der Waals surface area contributed by atoms with Crippen molar-refractivity contribution >= 4 is 5.82 Å². The second-order valence-corrected chi connectivity index (χ2v) is 4.49. The summed E-state index contributed by atoms with van der Waals surface area (Å²) in [6.07, 6.45) is 5.32. The van der Waals surface area contributed by atoms with Crippen LogP contribution in [0.2, 0.25) is 0 Å². The van der Waals surface area contributed by atoms with Gasteiger partial charge in [-0.2, -0.15) is 5.10 Å². The maximum Gasteiger partial charge on any atom is 0.121 e.